The lowest BCUT2D eigenvalue weighted by Gasteiger charge is -2.26. The number of carbonyl (C=O) groups excluding carboxylic acids is 1. The fourth-order valence-electron chi connectivity index (χ4n) is 3.43. The monoisotopic (exact) mass is 392 g/mol. The van der Waals surface area contributed by atoms with Gasteiger partial charge in [0, 0.05) is 22.7 Å². The van der Waals surface area contributed by atoms with Gasteiger partial charge in [-0.25, -0.2) is 4.39 Å². The van der Waals surface area contributed by atoms with E-state index < -0.39 is 5.82 Å². The van der Waals surface area contributed by atoms with E-state index in [2.05, 4.69) is 10.2 Å². The standard InChI is InChI=1S/C20H22ClFN2O3/c1-26-14-6-7-15(19(11-14)27-2)18-4-3-9-24(18)12-20(25)23-17-10-13(21)5-8-16(17)22/h5-8,10-11,18H,3-4,9,12H2,1-2H3,(H,23,25). The summed E-state index contributed by atoms with van der Waals surface area (Å²) in [6, 6.07) is 9.83. The molecule has 3 rings (SSSR count). The second-order valence-corrected chi connectivity index (χ2v) is 6.85. The molecule has 2 aromatic rings. The Hall–Kier alpha value is -2.31. The molecule has 0 aliphatic carbocycles. The van der Waals surface area contributed by atoms with Crippen molar-refractivity contribution in [1.82, 2.24) is 4.90 Å². The molecule has 0 saturated carbocycles. The van der Waals surface area contributed by atoms with E-state index in [0.717, 1.165) is 30.7 Å². The Labute approximate surface area is 163 Å². The molecule has 1 aliphatic rings. The van der Waals surface area contributed by atoms with Gasteiger partial charge in [0.25, 0.3) is 0 Å². The van der Waals surface area contributed by atoms with Crippen LogP contribution in [0.5, 0.6) is 11.5 Å². The molecule has 2 aromatic carbocycles. The van der Waals surface area contributed by atoms with Crippen LogP contribution in [0.3, 0.4) is 0 Å². The third-order valence-corrected chi connectivity index (χ3v) is 4.95. The number of nitrogens with one attached hydrogen (secondary N) is 1. The molecule has 1 aliphatic heterocycles. The van der Waals surface area contributed by atoms with Crippen LogP contribution in [-0.2, 0) is 4.79 Å². The first-order valence-electron chi connectivity index (χ1n) is 8.72. The first kappa shape index (κ1) is 19.5. The van der Waals surface area contributed by atoms with E-state index in [9.17, 15) is 9.18 Å². The van der Waals surface area contributed by atoms with Gasteiger partial charge in [-0.15, -0.1) is 0 Å². The molecule has 0 radical (unpaired) electrons. The van der Waals surface area contributed by atoms with Crippen molar-refractivity contribution in [3.05, 3.63) is 52.8 Å². The second kappa shape index (κ2) is 8.59. The third-order valence-electron chi connectivity index (χ3n) is 4.71. The molecular formula is C20H22ClFN2O3. The highest BCUT2D eigenvalue weighted by molar-refractivity contribution is 6.30. The van der Waals surface area contributed by atoms with E-state index in [1.165, 1.54) is 18.2 Å². The molecule has 1 saturated heterocycles. The first-order valence-corrected chi connectivity index (χ1v) is 9.10. The molecule has 0 aromatic heterocycles. The van der Waals surface area contributed by atoms with Crippen molar-refractivity contribution >= 4 is 23.2 Å². The van der Waals surface area contributed by atoms with Gasteiger partial charge in [0.2, 0.25) is 5.91 Å². The molecule has 1 N–H and O–H groups in total. The second-order valence-electron chi connectivity index (χ2n) is 6.41. The third kappa shape index (κ3) is 4.51. The summed E-state index contributed by atoms with van der Waals surface area (Å²) >= 11 is 5.88. The molecule has 144 valence electrons. The SMILES string of the molecule is COc1ccc(C2CCCN2CC(=O)Nc2cc(Cl)ccc2F)c(OC)c1. The Morgan fingerprint density at radius 3 is 2.81 bits per heavy atom. The highest BCUT2D eigenvalue weighted by Crippen LogP contribution is 2.38. The van der Waals surface area contributed by atoms with Crippen LogP contribution in [0, 0.1) is 5.82 Å². The number of halogens is 2. The van der Waals surface area contributed by atoms with Crippen LogP contribution >= 0.6 is 11.6 Å². The van der Waals surface area contributed by atoms with Crippen molar-refractivity contribution in [3.8, 4) is 11.5 Å². The zero-order chi connectivity index (χ0) is 19.4. The molecule has 0 spiro atoms. The minimum absolute atomic E-state index is 0.0563. The zero-order valence-electron chi connectivity index (χ0n) is 15.3. The Morgan fingerprint density at radius 1 is 1.26 bits per heavy atom. The molecule has 27 heavy (non-hydrogen) atoms. The fourth-order valence-corrected chi connectivity index (χ4v) is 3.60. The lowest BCUT2D eigenvalue weighted by atomic mass is 10.0. The molecule has 0 bridgehead atoms. The highest BCUT2D eigenvalue weighted by Gasteiger charge is 2.30. The smallest absolute Gasteiger partial charge is 0.238 e. The van der Waals surface area contributed by atoms with Gasteiger partial charge in [-0.1, -0.05) is 17.7 Å². The number of carbonyl (C=O) groups is 1. The minimum Gasteiger partial charge on any atom is -0.497 e. The van der Waals surface area contributed by atoms with Crippen LogP contribution in [-0.4, -0.2) is 38.1 Å². The van der Waals surface area contributed by atoms with E-state index in [1.807, 2.05) is 18.2 Å². The number of hydrogen-bond donors (Lipinski definition) is 1. The van der Waals surface area contributed by atoms with Gasteiger partial charge in [-0.05, 0) is 43.7 Å². The van der Waals surface area contributed by atoms with Gasteiger partial charge in [0.15, 0.2) is 0 Å². The summed E-state index contributed by atoms with van der Waals surface area (Å²) in [7, 11) is 3.22. The van der Waals surface area contributed by atoms with Crippen molar-refractivity contribution in [2.45, 2.75) is 18.9 Å². The number of hydrogen-bond acceptors (Lipinski definition) is 4. The van der Waals surface area contributed by atoms with Crippen molar-refractivity contribution in [2.24, 2.45) is 0 Å². The lowest BCUT2D eigenvalue weighted by molar-refractivity contribution is -0.117. The topological polar surface area (TPSA) is 50.8 Å². The van der Waals surface area contributed by atoms with Crippen molar-refractivity contribution in [3.63, 3.8) is 0 Å². The Morgan fingerprint density at radius 2 is 2.07 bits per heavy atom. The van der Waals surface area contributed by atoms with Crippen LogP contribution in [0.15, 0.2) is 36.4 Å². The quantitative estimate of drug-likeness (QED) is 0.797. The Kier molecular flexibility index (Phi) is 6.19. The molecule has 1 atom stereocenters. The van der Waals surface area contributed by atoms with E-state index in [-0.39, 0.29) is 24.2 Å². The van der Waals surface area contributed by atoms with Gasteiger partial charge in [-0.3, -0.25) is 9.69 Å². The minimum atomic E-state index is -0.512. The number of benzene rings is 2. The molecule has 1 heterocycles. The molecule has 7 heteroatoms. The largest absolute Gasteiger partial charge is 0.497 e. The maximum absolute atomic E-state index is 13.8. The zero-order valence-corrected chi connectivity index (χ0v) is 16.1. The van der Waals surface area contributed by atoms with Crippen molar-refractivity contribution < 1.29 is 18.7 Å². The fraction of sp³-hybridized carbons (Fsp3) is 0.350. The molecule has 5 nitrogen and oxygen atoms in total. The van der Waals surface area contributed by atoms with E-state index in [1.54, 1.807) is 14.2 Å². The first-order chi connectivity index (χ1) is 13.0. The molecule has 1 unspecified atom stereocenters. The Bertz CT molecular complexity index is 831. The maximum Gasteiger partial charge on any atom is 0.238 e. The number of ether oxygens (including phenoxy) is 2. The highest BCUT2D eigenvalue weighted by atomic mass is 35.5. The van der Waals surface area contributed by atoms with Crippen LogP contribution in [0.2, 0.25) is 5.02 Å². The molecule has 1 amide bonds. The number of rotatable bonds is 6. The number of anilines is 1. The summed E-state index contributed by atoms with van der Waals surface area (Å²) in [4.78, 5) is 14.5. The summed E-state index contributed by atoms with van der Waals surface area (Å²) in [5, 5.41) is 2.97. The number of likely N-dealkylation sites (tertiary alicyclic amines) is 1. The Balaban J connectivity index is 1.73. The number of methoxy groups -OCH3 is 2. The van der Waals surface area contributed by atoms with Crippen LogP contribution in [0.1, 0.15) is 24.4 Å². The molecule has 1 fully saturated rings. The predicted octanol–water partition coefficient (Wildman–Crippen LogP) is 4.27. The number of nitrogens with zero attached hydrogens (tertiary/aromatic N) is 1. The van der Waals surface area contributed by atoms with Gasteiger partial charge in [-0.2, -0.15) is 0 Å². The van der Waals surface area contributed by atoms with Gasteiger partial charge in [0.05, 0.1) is 26.5 Å². The maximum atomic E-state index is 13.8. The van der Waals surface area contributed by atoms with E-state index in [4.69, 9.17) is 21.1 Å². The van der Waals surface area contributed by atoms with Crippen LogP contribution in [0.4, 0.5) is 10.1 Å². The van der Waals surface area contributed by atoms with E-state index in [0.29, 0.717) is 10.8 Å². The van der Waals surface area contributed by atoms with Gasteiger partial charge >= 0.3 is 0 Å². The summed E-state index contributed by atoms with van der Waals surface area (Å²) < 4.78 is 24.6. The lowest BCUT2D eigenvalue weighted by Crippen LogP contribution is -2.33. The van der Waals surface area contributed by atoms with Crippen LogP contribution < -0.4 is 14.8 Å². The summed E-state index contributed by atoms with van der Waals surface area (Å²) in [6.45, 7) is 0.942. The average Bonchev–Trinajstić information content (AvgIpc) is 3.11. The van der Waals surface area contributed by atoms with Gasteiger partial charge in [0.1, 0.15) is 17.3 Å². The van der Waals surface area contributed by atoms with E-state index >= 15 is 0 Å². The summed E-state index contributed by atoms with van der Waals surface area (Å²) in [5.41, 5.74) is 1.10. The average molecular weight is 393 g/mol. The van der Waals surface area contributed by atoms with Crippen molar-refractivity contribution in [2.75, 3.05) is 32.6 Å². The normalized spacial score (nSPS) is 17.0. The van der Waals surface area contributed by atoms with Crippen molar-refractivity contribution in [1.29, 1.82) is 0 Å². The van der Waals surface area contributed by atoms with Gasteiger partial charge < -0.3 is 14.8 Å². The van der Waals surface area contributed by atoms with Crippen LogP contribution in [0.25, 0.3) is 0 Å². The number of amides is 1. The molecular weight excluding hydrogens is 371 g/mol. The summed E-state index contributed by atoms with van der Waals surface area (Å²) in [5.74, 6) is 0.653. The predicted molar refractivity (Wildman–Crippen MR) is 103 cm³/mol. The summed E-state index contributed by atoms with van der Waals surface area (Å²) in [6.07, 6.45) is 1.89.